The minimum absolute atomic E-state index is 0.420. The van der Waals surface area contributed by atoms with Crippen molar-refractivity contribution in [2.45, 2.75) is 25.9 Å². The Hall–Kier alpha value is -3.87. The Bertz CT molecular complexity index is 1370. The zero-order valence-electron chi connectivity index (χ0n) is 17.7. The van der Waals surface area contributed by atoms with Gasteiger partial charge in [-0.15, -0.1) is 0 Å². The van der Waals surface area contributed by atoms with Crippen LogP contribution in [0.2, 0.25) is 0 Å². The molecular formula is C25H24N6O. The summed E-state index contributed by atoms with van der Waals surface area (Å²) >= 11 is 0. The number of rotatable bonds is 5. The molecule has 0 spiro atoms. The largest absolute Gasteiger partial charge is 0.487 e. The van der Waals surface area contributed by atoms with Crippen LogP contribution in [0.5, 0.6) is 5.75 Å². The van der Waals surface area contributed by atoms with Crippen molar-refractivity contribution in [2.75, 3.05) is 18.0 Å². The molecule has 4 heterocycles. The van der Waals surface area contributed by atoms with Crippen LogP contribution in [-0.2, 0) is 6.61 Å². The van der Waals surface area contributed by atoms with Gasteiger partial charge in [0.25, 0.3) is 0 Å². The van der Waals surface area contributed by atoms with E-state index in [2.05, 4.69) is 43.3 Å². The van der Waals surface area contributed by atoms with Gasteiger partial charge in [-0.1, -0.05) is 6.07 Å². The monoisotopic (exact) mass is 424 g/mol. The number of fused-ring (bicyclic) bond motifs is 2. The average Bonchev–Trinajstić information content (AvgIpc) is 3.47. The average molecular weight is 425 g/mol. The number of anilines is 1. The second-order valence-corrected chi connectivity index (χ2v) is 8.22. The highest BCUT2D eigenvalue weighted by molar-refractivity contribution is 5.94. The van der Waals surface area contributed by atoms with Gasteiger partial charge >= 0.3 is 0 Å². The van der Waals surface area contributed by atoms with Gasteiger partial charge in [0.2, 0.25) is 0 Å². The van der Waals surface area contributed by atoms with E-state index in [0.717, 1.165) is 58.0 Å². The van der Waals surface area contributed by atoms with E-state index in [9.17, 15) is 0 Å². The number of pyridine rings is 1. The Morgan fingerprint density at radius 2 is 1.88 bits per heavy atom. The normalized spacial score (nSPS) is 14.3. The highest BCUT2D eigenvalue weighted by atomic mass is 16.5. The number of aromatic nitrogens is 5. The highest BCUT2D eigenvalue weighted by Crippen LogP contribution is 2.31. The number of hydrogen-bond donors (Lipinski definition) is 2. The van der Waals surface area contributed by atoms with Crippen molar-refractivity contribution in [3.05, 3.63) is 66.5 Å². The quantitative estimate of drug-likeness (QED) is 0.412. The first-order valence-corrected chi connectivity index (χ1v) is 11.1. The van der Waals surface area contributed by atoms with Gasteiger partial charge in [-0.2, -0.15) is 5.10 Å². The van der Waals surface area contributed by atoms with E-state index in [4.69, 9.17) is 9.72 Å². The molecule has 2 aromatic carbocycles. The summed E-state index contributed by atoms with van der Waals surface area (Å²) in [5.41, 5.74) is 5.85. The molecule has 7 heteroatoms. The number of benzene rings is 2. The number of ether oxygens (including phenoxy) is 1. The first-order chi connectivity index (χ1) is 15.8. The van der Waals surface area contributed by atoms with Crippen LogP contribution in [0.4, 0.5) is 5.69 Å². The molecule has 0 unspecified atom stereocenters. The van der Waals surface area contributed by atoms with E-state index in [1.54, 1.807) is 6.20 Å². The number of imidazole rings is 1. The zero-order valence-corrected chi connectivity index (χ0v) is 17.7. The Balaban J connectivity index is 1.30. The molecule has 7 nitrogen and oxygen atoms in total. The molecule has 5 aromatic rings. The summed E-state index contributed by atoms with van der Waals surface area (Å²) < 4.78 is 5.96. The molecule has 1 aliphatic heterocycles. The van der Waals surface area contributed by atoms with Crippen LogP contribution in [0, 0.1) is 0 Å². The molecule has 3 aromatic heterocycles. The number of nitrogens with one attached hydrogen (secondary N) is 2. The molecular weight excluding hydrogens is 400 g/mol. The van der Waals surface area contributed by atoms with E-state index in [1.807, 2.05) is 36.4 Å². The molecule has 32 heavy (non-hydrogen) atoms. The van der Waals surface area contributed by atoms with Crippen molar-refractivity contribution in [3.63, 3.8) is 0 Å². The maximum absolute atomic E-state index is 5.96. The van der Waals surface area contributed by atoms with Crippen molar-refractivity contribution in [1.29, 1.82) is 0 Å². The van der Waals surface area contributed by atoms with E-state index >= 15 is 0 Å². The molecule has 6 rings (SSSR count). The molecule has 0 atom stereocenters. The molecule has 0 radical (unpaired) electrons. The van der Waals surface area contributed by atoms with Crippen molar-refractivity contribution in [1.82, 2.24) is 25.1 Å². The maximum Gasteiger partial charge on any atom is 0.159 e. The van der Waals surface area contributed by atoms with Crippen LogP contribution < -0.4 is 9.64 Å². The number of piperidine rings is 1. The van der Waals surface area contributed by atoms with Crippen molar-refractivity contribution in [2.24, 2.45) is 0 Å². The van der Waals surface area contributed by atoms with Gasteiger partial charge in [0.05, 0.1) is 22.2 Å². The summed E-state index contributed by atoms with van der Waals surface area (Å²) in [6.45, 7) is 2.67. The molecule has 160 valence electrons. The standard InChI is InChI=1S/C25H24N6O/c1-4-12-31(13-5-1)18-7-9-22-23(14-18)28-25(27-22)24-20-15-19(8-10-21(20)29-30-24)32-16-17-6-2-3-11-26-17/h2-3,6-11,14-15H,1,4-5,12-13,16H2,(H,27,28)(H,29,30). The Kier molecular flexibility index (Phi) is 4.71. The van der Waals surface area contributed by atoms with Gasteiger partial charge in [0.15, 0.2) is 5.82 Å². The van der Waals surface area contributed by atoms with Crippen LogP contribution in [0.15, 0.2) is 60.8 Å². The molecule has 0 saturated carbocycles. The Labute approximate surface area is 185 Å². The lowest BCUT2D eigenvalue weighted by atomic mass is 10.1. The predicted molar refractivity (Wildman–Crippen MR) is 126 cm³/mol. The van der Waals surface area contributed by atoms with Gasteiger partial charge in [0.1, 0.15) is 18.1 Å². The number of aromatic amines is 2. The predicted octanol–water partition coefficient (Wildman–Crippen LogP) is 5.07. The van der Waals surface area contributed by atoms with Crippen LogP contribution in [0.1, 0.15) is 25.0 Å². The molecule has 1 aliphatic rings. The van der Waals surface area contributed by atoms with Crippen molar-refractivity contribution < 1.29 is 4.74 Å². The fourth-order valence-corrected chi connectivity index (χ4v) is 4.36. The van der Waals surface area contributed by atoms with E-state index in [1.165, 1.54) is 24.9 Å². The lowest BCUT2D eigenvalue weighted by Gasteiger charge is -2.28. The first-order valence-electron chi connectivity index (χ1n) is 11.1. The minimum atomic E-state index is 0.420. The Morgan fingerprint density at radius 3 is 2.75 bits per heavy atom. The maximum atomic E-state index is 5.96. The van der Waals surface area contributed by atoms with Crippen LogP contribution in [-0.4, -0.2) is 38.2 Å². The van der Waals surface area contributed by atoms with E-state index in [0.29, 0.717) is 6.61 Å². The van der Waals surface area contributed by atoms with Gasteiger partial charge < -0.3 is 14.6 Å². The third-order valence-corrected chi connectivity index (χ3v) is 6.06. The molecule has 1 saturated heterocycles. The van der Waals surface area contributed by atoms with Gasteiger partial charge in [-0.25, -0.2) is 4.98 Å². The van der Waals surface area contributed by atoms with Crippen LogP contribution in [0.25, 0.3) is 33.5 Å². The second-order valence-electron chi connectivity index (χ2n) is 8.22. The minimum Gasteiger partial charge on any atom is -0.487 e. The van der Waals surface area contributed by atoms with Gasteiger partial charge in [-0.3, -0.25) is 10.1 Å². The molecule has 0 bridgehead atoms. The summed E-state index contributed by atoms with van der Waals surface area (Å²) in [4.78, 5) is 15.1. The summed E-state index contributed by atoms with van der Waals surface area (Å²) in [5.74, 6) is 1.53. The van der Waals surface area contributed by atoms with Crippen LogP contribution in [0.3, 0.4) is 0 Å². The summed E-state index contributed by atoms with van der Waals surface area (Å²) in [6, 6.07) is 18.2. The Morgan fingerprint density at radius 1 is 0.938 bits per heavy atom. The first kappa shape index (κ1) is 18.9. The smallest absolute Gasteiger partial charge is 0.159 e. The number of H-pyrrole nitrogens is 2. The fourth-order valence-electron chi connectivity index (χ4n) is 4.36. The van der Waals surface area contributed by atoms with Crippen molar-refractivity contribution >= 4 is 27.6 Å². The van der Waals surface area contributed by atoms with Gasteiger partial charge in [0, 0.05) is 30.4 Å². The van der Waals surface area contributed by atoms with Crippen LogP contribution >= 0.6 is 0 Å². The summed E-state index contributed by atoms with van der Waals surface area (Å²) in [7, 11) is 0. The number of hydrogen-bond acceptors (Lipinski definition) is 5. The van der Waals surface area contributed by atoms with Gasteiger partial charge in [-0.05, 0) is 67.8 Å². The SMILES string of the molecule is c1ccc(COc2ccc3[nH]nc(-c4nc5ccc(N6CCCCC6)cc5[nH]4)c3c2)nc1. The third kappa shape index (κ3) is 3.56. The molecule has 2 N–H and O–H groups in total. The lowest BCUT2D eigenvalue weighted by Crippen LogP contribution is -2.29. The second kappa shape index (κ2) is 8.00. The summed E-state index contributed by atoms with van der Waals surface area (Å²) in [5, 5.41) is 8.62. The van der Waals surface area contributed by atoms with E-state index in [-0.39, 0.29) is 0 Å². The lowest BCUT2D eigenvalue weighted by molar-refractivity contribution is 0.302. The highest BCUT2D eigenvalue weighted by Gasteiger charge is 2.16. The molecule has 0 aliphatic carbocycles. The molecule has 0 amide bonds. The fraction of sp³-hybridized carbons (Fsp3) is 0.240. The number of nitrogens with zero attached hydrogens (tertiary/aromatic N) is 4. The third-order valence-electron chi connectivity index (χ3n) is 6.06. The summed E-state index contributed by atoms with van der Waals surface area (Å²) in [6.07, 6.45) is 5.62. The topological polar surface area (TPSA) is 82.7 Å². The molecule has 1 fully saturated rings. The van der Waals surface area contributed by atoms with E-state index < -0.39 is 0 Å². The zero-order chi connectivity index (χ0) is 21.3. The van der Waals surface area contributed by atoms with Crippen molar-refractivity contribution in [3.8, 4) is 17.3 Å².